The zero-order valence-electron chi connectivity index (χ0n) is 10.9. The number of nitrogens with two attached hydrogens (primary N) is 1. The van der Waals surface area contributed by atoms with Gasteiger partial charge in [0.25, 0.3) is 0 Å². The lowest BCUT2D eigenvalue weighted by atomic mass is 9.98. The van der Waals surface area contributed by atoms with Crippen LogP contribution in [0.5, 0.6) is 5.75 Å². The zero-order valence-corrected chi connectivity index (χ0v) is 13.2. The van der Waals surface area contributed by atoms with E-state index in [1.54, 1.807) is 19.2 Å². The summed E-state index contributed by atoms with van der Waals surface area (Å²) >= 11 is 9.19. The highest BCUT2D eigenvalue weighted by atomic mass is 79.9. The number of hydrogen-bond donors (Lipinski definition) is 1. The summed E-state index contributed by atoms with van der Waals surface area (Å²) in [6.45, 7) is 0. The van der Waals surface area contributed by atoms with Crippen molar-refractivity contribution in [1.29, 1.82) is 0 Å². The molecule has 2 N–H and O–H groups in total. The van der Waals surface area contributed by atoms with Crippen LogP contribution in [0.25, 0.3) is 0 Å². The maximum Gasteiger partial charge on any atom is 0.146 e. The van der Waals surface area contributed by atoms with Crippen molar-refractivity contribution >= 4 is 27.5 Å². The Bertz CT molecular complexity index is 621. The monoisotopic (exact) mass is 357 g/mol. The van der Waals surface area contributed by atoms with E-state index in [4.69, 9.17) is 22.1 Å². The minimum absolute atomic E-state index is 0.0826. The average molecular weight is 359 g/mol. The van der Waals surface area contributed by atoms with E-state index >= 15 is 0 Å². The standard InChI is InChI=1S/C15H14BrClFNO/c1-20-14-6-5-10(16)7-9(14)8-13(19)11-3-2-4-12(17)15(11)18/h2-7,13H,8,19H2,1H3. The van der Waals surface area contributed by atoms with Gasteiger partial charge in [-0.15, -0.1) is 0 Å². The summed E-state index contributed by atoms with van der Waals surface area (Å²) in [5.41, 5.74) is 7.41. The number of benzene rings is 2. The van der Waals surface area contributed by atoms with Crippen molar-refractivity contribution in [2.45, 2.75) is 12.5 Å². The Balaban J connectivity index is 2.30. The quantitative estimate of drug-likeness (QED) is 0.874. The molecule has 0 bridgehead atoms. The lowest BCUT2D eigenvalue weighted by Crippen LogP contribution is -2.15. The first-order valence-electron chi connectivity index (χ1n) is 6.05. The fourth-order valence-electron chi connectivity index (χ4n) is 2.06. The average Bonchev–Trinajstić information content (AvgIpc) is 2.42. The molecule has 0 aliphatic heterocycles. The van der Waals surface area contributed by atoms with Crippen molar-refractivity contribution in [3.63, 3.8) is 0 Å². The topological polar surface area (TPSA) is 35.2 Å². The van der Waals surface area contributed by atoms with Gasteiger partial charge >= 0.3 is 0 Å². The SMILES string of the molecule is COc1ccc(Br)cc1CC(N)c1cccc(Cl)c1F. The van der Waals surface area contributed by atoms with Gasteiger partial charge in [-0.25, -0.2) is 4.39 Å². The summed E-state index contributed by atoms with van der Waals surface area (Å²) in [6, 6.07) is 10.0. The van der Waals surface area contributed by atoms with Crippen molar-refractivity contribution in [3.8, 4) is 5.75 Å². The molecule has 0 amide bonds. The van der Waals surface area contributed by atoms with Gasteiger partial charge in [0.15, 0.2) is 0 Å². The lowest BCUT2D eigenvalue weighted by Gasteiger charge is -2.16. The van der Waals surface area contributed by atoms with Crippen LogP contribution in [0.2, 0.25) is 5.02 Å². The smallest absolute Gasteiger partial charge is 0.146 e. The second-order valence-corrected chi connectivity index (χ2v) is 5.73. The van der Waals surface area contributed by atoms with Gasteiger partial charge in [0.2, 0.25) is 0 Å². The van der Waals surface area contributed by atoms with Gasteiger partial charge in [-0.1, -0.05) is 39.7 Å². The van der Waals surface area contributed by atoms with Crippen LogP contribution in [0.4, 0.5) is 4.39 Å². The number of hydrogen-bond acceptors (Lipinski definition) is 2. The summed E-state index contributed by atoms with van der Waals surface area (Å²) in [4.78, 5) is 0. The van der Waals surface area contributed by atoms with Crippen molar-refractivity contribution in [2.75, 3.05) is 7.11 Å². The molecule has 20 heavy (non-hydrogen) atoms. The summed E-state index contributed by atoms with van der Waals surface area (Å²) in [6.07, 6.45) is 0.458. The molecule has 0 spiro atoms. The second kappa shape index (κ2) is 6.57. The van der Waals surface area contributed by atoms with Crippen LogP contribution in [0.3, 0.4) is 0 Å². The van der Waals surface area contributed by atoms with Gasteiger partial charge in [-0.2, -0.15) is 0 Å². The predicted octanol–water partition coefficient (Wildman–Crippen LogP) is 4.49. The predicted molar refractivity (Wildman–Crippen MR) is 82.7 cm³/mol. The van der Waals surface area contributed by atoms with E-state index in [1.165, 1.54) is 6.07 Å². The van der Waals surface area contributed by atoms with Crippen LogP contribution in [-0.2, 0) is 6.42 Å². The van der Waals surface area contributed by atoms with E-state index in [0.29, 0.717) is 12.0 Å². The minimum atomic E-state index is -0.489. The normalized spacial score (nSPS) is 12.2. The number of rotatable bonds is 4. The van der Waals surface area contributed by atoms with E-state index in [1.807, 2.05) is 18.2 Å². The van der Waals surface area contributed by atoms with Crippen LogP contribution in [0.15, 0.2) is 40.9 Å². The highest BCUT2D eigenvalue weighted by molar-refractivity contribution is 9.10. The third-order valence-corrected chi connectivity index (χ3v) is 3.85. The molecule has 1 atom stereocenters. The van der Waals surface area contributed by atoms with Crippen LogP contribution in [-0.4, -0.2) is 7.11 Å². The summed E-state index contributed by atoms with van der Waals surface area (Å²) in [5.74, 6) is 0.265. The van der Waals surface area contributed by atoms with Crippen molar-refractivity contribution in [2.24, 2.45) is 5.73 Å². The summed E-state index contributed by atoms with van der Waals surface area (Å²) < 4.78 is 20.2. The van der Waals surface area contributed by atoms with Gasteiger partial charge in [-0.3, -0.25) is 0 Å². The van der Waals surface area contributed by atoms with Crippen molar-refractivity contribution in [1.82, 2.24) is 0 Å². The lowest BCUT2D eigenvalue weighted by molar-refractivity contribution is 0.407. The molecule has 0 aliphatic carbocycles. The van der Waals surface area contributed by atoms with Crippen LogP contribution in [0.1, 0.15) is 17.2 Å². The maximum atomic E-state index is 14.0. The molecule has 2 aromatic carbocycles. The highest BCUT2D eigenvalue weighted by Crippen LogP contribution is 2.29. The first-order valence-corrected chi connectivity index (χ1v) is 7.22. The minimum Gasteiger partial charge on any atom is -0.496 e. The Morgan fingerprint density at radius 1 is 1.35 bits per heavy atom. The van der Waals surface area contributed by atoms with Gasteiger partial charge < -0.3 is 10.5 Å². The Hall–Kier alpha value is -1.10. The third-order valence-electron chi connectivity index (χ3n) is 3.06. The molecule has 0 saturated heterocycles. The zero-order chi connectivity index (χ0) is 14.7. The Labute approximate surface area is 130 Å². The van der Waals surface area contributed by atoms with E-state index in [9.17, 15) is 4.39 Å². The number of ether oxygens (including phenoxy) is 1. The first kappa shape index (κ1) is 15.3. The number of methoxy groups -OCH3 is 1. The molecular weight excluding hydrogens is 345 g/mol. The van der Waals surface area contributed by atoms with Gasteiger partial charge in [0.1, 0.15) is 11.6 Å². The molecule has 0 aliphatic rings. The molecule has 2 rings (SSSR count). The second-order valence-electron chi connectivity index (χ2n) is 4.41. The van der Waals surface area contributed by atoms with E-state index in [-0.39, 0.29) is 5.02 Å². The molecule has 5 heteroatoms. The van der Waals surface area contributed by atoms with Crippen LogP contribution >= 0.6 is 27.5 Å². The largest absolute Gasteiger partial charge is 0.496 e. The third kappa shape index (κ3) is 3.32. The molecule has 0 saturated carbocycles. The first-order chi connectivity index (χ1) is 9.52. The highest BCUT2D eigenvalue weighted by Gasteiger charge is 2.16. The molecular formula is C15H14BrClFNO. The van der Waals surface area contributed by atoms with Gasteiger partial charge in [0.05, 0.1) is 12.1 Å². The molecule has 0 aromatic heterocycles. The molecule has 106 valence electrons. The summed E-state index contributed by atoms with van der Waals surface area (Å²) in [7, 11) is 1.60. The van der Waals surface area contributed by atoms with E-state index in [2.05, 4.69) is 15.9 Å². The Morgan fingerprint density at radius 3 is 2.80 bits per heavy atom. The van der Waals surface area contributed by atoms with Crippen LogP contribution < -0.4 is 10.5 Å². The fourth-order valence-corrected chi connectivity index (χ4v) is 2.65. The van der Waals surface area contributed by atoms with Crippen molar-refractivity contribution < 1.29 is 9.13 Å². The molecule has 0 fully saturated rings. The number of halogens is 3. The van der Waals surface area contributed by atoms with Gasteiger partial charge in [-0.05, 0) is 36.2 Å². The van der Waals surface area contributed by atoms with Crippen molar-refractivity contribution in [3.05, 3.63) is 62.8 Å². The molecule has 0 radical (unpaired) electrons. The molecule has 2 aromatic rings. The van der Waals surface area contributed by atoms with E-state index in [0.717, 1.165) is 15.8 Å². The Kier molecular flexibility index (Phi) is 5.02. The van der Waals surface area contributed by atoms with Crippen LogP contribution in [0, 0.1) is 5.82 Å². The maximum absolute atomic E-state index is 14.0. The van der Waals surface area contributed by atoms with E-state index < -0.39 is 11.9 Å². The molecule has 1 unspecified atom stereocenters. The Morgan fingerprint density at radius 2 is 2.10 bits per heavy atom. The summed E-state index contributed by atoms with van der Waals surface area (Å²) in [5, 5.41) is 0.0826. The fraction of sp³-hybridized carbons (Fsp3) is 0.200. The van der Waals surface area contributed by atoms with Gasteiger partial charge in [0, 0.05) is 16.1 Å². The molecule has 2 nitrogen and oxygen atoms in total. The molecule has 0 heterocycles.